The molecule has 1 heterocycles. The lowest BCUT2D eigenvalue weighted by Gasteiger charge is -2.22. The predicted molar refractivity (Wildman–Crippen MR) is 50.4 cm³/mol. The van der Waals surface area contributed by atoms with Crippen LogP contribution in [0.5, 0.6) is 0 Å². The molecule has 2 saturated carbocycles. The average Bonchev–Trinajstić information content (AvgIpc) is 2.89. The summed E-state index contributed by atoms with van der Waals surface area (Å²) in [7, 11) is 0. The average molecular weight is 204 g/mol. The molecule has 0 aromatic heterocycles. The van der Waals surface area contributed by atoms with Crippen molar-refractivity contribution >= 4 is 11.9 Å². The maximum Gasteiger partial charge on any atom is 0.317 e. The van der Waals surface area contributed by atoms with E-state index in [0.717, 1.165) is 6.42 Å². The minimum atomic E-state index is -0.265. The van der Waals surface area contributed by atoms with Crippen molar-refractivity contribution in [1.82, 2.24) is 0 Å². The molecule has 1 saturated heterocycles. The molecule has 0 amide bonds. The molecule has 3 aliphatic carbocycles. The Bertz CT molecular complexity index is 398. The van der Waals surface area contributed by atoms with Crippen LogP contribution in [0, 0.1) is 35.5 Å². The fourth-order valence-corrected chi connectivity index (χ4v) is 4.34. The van der Waals surface area contributed by atoms with Crippen LogP contribution in [0.4, 0.5) is 0 Å². The summed E-state index contributed by atoms with van der Waals surface area (Å²) in [6, 6.07) is 0. The molecule has 6 unspecified atom stereocenters. The molecule has 0 aromatic rings. The Balaban J connectivity index is 1.78. The zero-order chi connectivity index (χ0) is 10.2. The van der Waals surface area contributed by atoms with Crippen LogP contribution in [0.3, 0.4) is 0 Å². The van der Waals surface area contributed by atoms with Crippen LogP contribution in [0.25, 0.3) is 0 Å². The van der Waals surface area contributed by atoms with Crippen molar-refractivity contribution in [2.24, 2.45) is 35.5 Å². The summed E-state index contributed by atoms with van der Waals surface area (Å²) >= 11 is 0. The highest BCUT2D eigenvalue weighted by Gasteiger charge is 2.62. The summed E-state index contributed by atoms with van der Waals surface area (Å²) in [4.78, 5) is 23.1. The molecule has 3 fully saturated rings. The van der Waals surface area contributed by atoms with E-state index in [-0.39, 0.29) is 23.8 Å². The number of hydrogen-bond donors (Lipinski definition) is 0. The van der Waals surface area contributed by atoms with Gasteiger partial charge >= 0.3 is 11.9 Å². The number of esters is 2. The van der Waals surface area contributed by atoms with Gasteiger partial charge in [0.1, 0.15) is 0 Å². The number of carbonyl (C=O) groups excluding carboxylic acids is 2. The summed E-state index contributed by atoms with van der Waals surface area (Å²) in [5.41, 5.74) is 0. The maximum atomic E-state index is 11.6. The van der Waals surface area contributed by atoms with Crippen LogP contribution >= 0.6 is 0 Å². The maximum absolute atomic E-state index is 11.6. The van der Waals surface area contributed by atoms with Crippen molar-refractivity contribution in [3.05, 3.63) is 12.2 Å². The van der Waals surface area contributed by atoms with Crippen molar-refractivity contribution in [1.29, 1.82) is 0 Å². The van der Waals surface area contributed by atoms with Crippen LogP contribution in [0.2, 0.25) is 0 Å². The van der Waals surface area contributed by atoms with Gasteiger partial charge < -0.3 is 4.74 Å². The summed E-state index contributed by atoms with van der Waals surface area (Å²) in [6.45, 7) is 0. The summed E-state index contributed by atoms with van der Waals surface area (Å²) in [5.74, 6) is 1.41. The second-order valence-electron chi connectivity index (χ2n) is 5.30. The van der Waals surface area contributed by atoms with E-state index < -0.39 is 0 Å². The first-order valence-electron chi connectivity index (χ1n) is 5.69. The Hall–Kier alpha value is -1.12. The molecule has 78 valence electrons. The molecule has 4 aliphatic rings. The molecular formula is C12H12O3. The molecule has 0 radical (unpaired) electrons. The Morgan fingerprint density at radius 1 is 1.07 bits per heavy atom. The largest absolute Gasteiger partial charge is 0.393 e. The van der Waals surface area contributed by atoms with Crippen molar-refractivity contribution < 1.29 is 14.3 Å². The number of allylic oxidation sites excluding steroid dienone is 2. The number of cyclic esters (lactones) is 2. The van der Waals surface area contributed by atoms with Gasteiger partial charge in [-0.1, -0.05) is 12.2 Å². The van der Waals surface area contributed by atoms with Crippen LogP contribution in [0.1, 0.15) is 12.8 Å². The molecular weight excluding hydrogens is 192 g/mol. The van der Waals surface area contributed by atoms with Gasteiger partial charge in [0.25, 0.3) is 0 Å². The molecule has 4 rings (SSSR count). The number of carbonyl (C=O) groups is 2. The van der Waals surface area contributed by atoms with E-state index in [4.69, 9.17) is 4.74 Å². The van der Waals surface area contributed by atoms with E-state index in [1.165, 1.54) is 6.42 Å². The zero-order valence-corrected chi connectivity index (χ0v) is 8.26. The number of fused-ring (bicyclic) bond motifs is 7. The van der Waals surface area contributed by atoms with Gasteiger partial charge in [-0.25, -0.2) is 0 Å². The minimum absolute atomic E-state index is 0.109. The van der Waals surface area contributed by atoms with Gasteiger partial charge in [-0.3, -0.25) is 9.59 Å². The van der Waals surface area contributed by atoms with Crippen LogP contribution in [-0.2, 0) is 14.3 Å². The third-order valence-electron chi connectivity index (χ3n) is 4.84. The molecule has 3 nitrogen and oxygen atoms in total. The quantitative estimate of drug-likeness (QED) is 0.337. The van der Waals surface area contributed by atoms with E-state index in [2.05, 4.69) is 12.2 Å². The van der Waals surface area contributed by atoms with E-state index in [0.29, 0.717) is 23.7 Å². The standard InChI is InChI=1S/C12H12O3/c13-11-8-4-7-5-1-2-6(3-5)9(7)10(8)12(14)15-11/h1-2,5-10H,3-4H2. The lowest BCUT2D eigenvalue weighted by molar-refractivity contribution is -0.155. The molecule has 15 heavy (non-hydrogen) atoms. The van der Waals surface area contributed by atoms with Crippen molar-refractivity contribution in [2.75, 3.05) is 0 Å². The normalized spacial score (nSPS) is 54.7. The molecule has 3 heteroatoms. The van der Waals surface area contributed by atoms with Crippen LogP contribution < -0.4 is 0 Å². The van der Waals surface area contributed by atoms with Crippen molar-refractivity contribution in [2.45, 2.75) is 12.8 Å². The van der Waals surface area contributed by atoms with E-state index in [9.17, 15) is 9.59 Å². The van der Waals surface area contributed by atoms with Gasteiger partial charge in [-0.15, -0.1) is 0 Å². The number of ether oxygens (including phenoxy) is 1. The zero-order valence-electron chi connectivity index (χ0n) is 8.26. The predicted octanol–water partition coefficient (Wildman–Crippen LogP) is 1.14. The summed E-state index contributed by atoms with van der Waals surface area (Å²) in [6.07, 6.45) is 6.60. The summed E-state index contributed by atoms with van der Waals surface area (Å²) in [5, 5.41) is 0. The van der Waals surface area contributed by atoms with Gasteiger partial charge in [0.05, 0.1) is 11.8 Å². The third-order valence-corrected chi connectivity index (χ3v) is 4.84. The SMILES string of the molecule is O=C1OC(=O)C2C1CC1C3C=CC(C3)C12. The van der Waals surface area contributed by atoms with Gasteiger partial charge in [0, 0.05) is 0 Å². The highest BCUT2D eigenvalue weighted by molar-refractivity contribution is 5.97. The highest BCUT2D eigenvalue weighted by atomic mass is 16.6. The van der Waals surface area contributed by atoms with E-state index in [1.54, 1.807) is 0 Å². The Kier molecular flexibility index (Phi) is 1.26. The Morgan fingerprint density at radius 2 is 1.87 bits per heavy atom. The van der Waals surface area contributed by atoms with Crippen molar-refractivity contribution in [3.8, 4) is 0 Å². The molecule has 0 aromatic carbocycles. The smallest absolute Gasteiger partial charge is 0.317 e. The first-order chi connectivity index (χ1) is 7.25. The van der Waals surface area contributed by atoms with E-state index in [1.807, 2.05) is 0 Å². The Labute approximate surface area is 87.5 Å². The first kappa shape index (κ1) is 8.08. The van der Waals surface area contributed by atoms with Crippen LogP contribution in [0.15, 0.2) is 12.2 Å². The van der Waals surface area contributed by atoms with Gasteiger partial charge in [0.2, 0.25) is 0 Å². The monoisotopic (exact) mass is 204 g/mol. The van der Waals surface area contributed by atoms with Crippen molar-refractivity contribution in [3.63, 3.8) is 0 Å². The minimum Gasteiger partial charge on any atom is -0.393 e. The highest BCUT2D eigenvalue weighted by Crippen LogP contribution is 2.61. The van der Waals surface area contributed by atoms with Crippen LogP contribution in [-0.4, -0.2) is 11.9 Å². The van der Waals surface area contributed by atoms with Gasteiger partial charge in [-0.05, 0) is 36.5 Å². The fraction of sp³-hybridized carbons (Fsp3) is 0.667. The summed E-state index contributed by atoms with van der Waals surface area (Å²) < 4.78 is 4.74. The van der Waals surface area contributed by atoms with Gasteiger partial charge in [-0.2, -0.15) is 0 Å². The molecule has 6 atom stereocenters. The molecule has 1 aliphatic heterocycles. The molecule has 2 bridgehead atoms. The topological polar surface area (TPSA) is 43.4 Å². The fourth-order valence-electron chi connectivity index (χ4n) is 4.34. The Morgan fingerprint density at radius 3 is 2.73 bits per heavy atom. The second kappa shape index (κ2) is 2.34. The first-order valence-corrected chi connectivity index (χ1v) is 5.69. The molecule has 0 spiro atoms. The van der Waals surface area contributed by atoms with Gasteiger partial charge in [0.15, 0.2) is 0 Å². The molecule has 0 N–H and O–H groups in total. The second-order valence-corrected chi connectivity index (χ2v) is 5.30. The number of hydrogen-bond acceptors (Lipinski definition) is 3. The lowest BCUT2D eigenvalue weighted by Crippen LogP contribution is -2.24. The number of rotatable bonds is 0. The third kappa shape index (κ3) is 0.792. The lowest BCUT2D eigenvalue weighted by atomic mass is 9.81. The van der Waals surface area contributed by atoms with E-state index >= 15 is 0 Å².